The molecule has 0 aliphatic heterocycles. The highest BCUT2D eigenvalue weighted by Gasteiger charge is 2.20. The molecule has 0 atom stereocenters. The smallest absolute Gasteiger partial charge is 0.191 e. The van der Waals surface area contributed by atoms with Gasteiger partial charge in [0.05, 0.1) is 0 Å². The van der Waals surface area contributed by atoms with Crippen LogP contribution in [0.5, 0.6) is 0 Å². The number of hydrogen-bond acceptors (Lipinski definition) is 2. The number of guanidine groups is 1. The van der Waals surface area contributed by atoms with Crippen molar-refractivity contribution in [2.45, 2.75) is 25.7 Å². The van der Waals surface area contributed by atoms with E-state index in [4.69, 9.17) is 0 Å². The maximum atomic E-state index is 4.33. The molecule has 6 heteroatoms. The predicted octanol–water partition coefficient (Wildman–Crippen LogP) is 4.15. The average molecular weight is 517 g/mol. The van der Waals surface area contributed by atoms with Crippen LogP contribution in [-0.4, -0.2) is 31.1 Å². The van der Waals surface area contributed by atoms with Gasteiger partial charge in [0.1, 0.15) is 0 Å². The van der Waals surface area contributed by atoms with E-state index in [0.717, 1.165) is 35.6 Å². The molecule has 0 bridgehead atoms. The molecule has 0 fully saturated rings. The molecule has 2 N–H and O–H groups in total. The molecule has 25 heavy (non-hydrogen) atoms. The summed E-state index contributed by atoms with van der Waals surface area (Å²) in [5.74, 6) is 0.816. The zero-order valence-corrected chi connectivity index (χ0v) is 18.8. The first-order valence-electron chi connectivity index (χ1n) is 8.12. The van der Waals surface area contributed by atoms with Crippen LogP contribution < -0.4 is 10.6 Å². The Balaban J connectivity index is 0.00000312. The topological polar surface area (TPSA) is 49.3 Å². The Morgan fingerprint density at radius 3 is 2.44 bits per heavy atom. The molecule has 2 aromatic rings. The molecule has 0 saturated carbocycles. The van der Waals surface area contributed by atoms with Gasteiger partial charge in [-0.1, -0.05) is 48.0 Å². The van der Waals surface area contributed by atoms with Crippen LogP contribution in [0.1, 0.15) is 25.1 Å². The number of rotatable bonds is 6. The fourth-order valence-corrected chi connectivity index (χ4v) is 2.65. The first-order valence-corrected chi connectivity index (χ1v) is 8.91. The van der Waals surface area contributed by atoms with Gasteiger partial charge >= 0.3 is 0 Å². The lowest BCUT2D eigenvalue weighted by Gasteiger charge is -2.27. The van der Waals surface area contributed by atoms with E-state index in [0.29, 0.717) is 0 Å². The van der Waals surface area contributed by atoms with Crippen LogP contribution in [-0.2, 0) is 11.8 Å². The maximum Gasteiger partial charge on any atom is 0.191 e. The second-order valence-electron chi connectivity index (χ2n) is 6.31. The van der Waals surface area contributed by atoms with Gasteiger partial charge in [0.2, 0.25) is 0 Å². The van der Waals surface area contributed by atoms with E-state index >= 15 is 0 Å². The number of benzene rings is 1. The number of hydrogen-bond donors (Lipinski definition) is 2. The summed E-state index contributed by atoms with van der Waals surface area (Å²) in [6, 6.07) is 14.5. The van der Waals surface area contributed by atoms with Gasteiger partial charge in [-0.15, -0.1) is 24.0 Å². The van der Waals surface area contributed by atoms with Gasteiger partial charge < -0.3 is 10.6 Å². The highest BCUT2D eigenvalue weighted by Crippen LogP contribution is 2.23. The molecule has 136 valence electrons. The van der Waals surface area contributed by atoms with Crippen LogP contribution in [0.4, 0.5) is 0 Å². The monoisotopic (exact) mass is 516 g/mol. The third-order valence-corrected chi connectivity index (χ3v) is 4.48. The quantitative estimate of drug-likeness (QED) is 0.344. The summed E-state index contributed by atoms with van der Waals surface area (Å²) in [6.07, 6.45) is 2.70. The van der Waals surface area contributed by atoms with Crippen molar-refractivity contribution < 1.29 is 0 Å². The molecule has 0 saturated heterocycles. The van der Waals surface area contributed by atoms with Crippen molar-refractivity contribution in [1.29, 1.82) is 0 Å². The van der Waals surface area contributed by atoms with E-state index < -0.39 is 0 Å². The molecular weight excluding hydrogens is 491 g/mol. The zero-order chi connectivity index (χ0) is 17.4. The minimum atomic E-state index is 0. The van der Waals surface area contributed by atoms with Crippen molar-refractivity contribution in [3.05, 3.63) is 64.4 Å². The highest BCUT2D eigenvalue weighted by molar-refractivity contribution is 14.0. The Hall–Kier alpha value is -1.15. The predicted molar refractivity (Wildman–Crippen MR) is 120 cm³/mol. The highest BCUT2D eigenvalue weighted by atomic mass is 127. The van der Waals surface area contributed by atoms with Crippen molar-refractivity contribution >= 4 is 45.9 Å². The minimum Gasteiger partial charge on any atom is -0.356 e. The second kappa shape index (κ2) is 10.8. The standard InChI is InChI=1S/C19H25BrN4.HI/c1-19(2,15-7-9-16(20)10-8-15)14-24-18(21-3)23-13-11-17-6-4-5-12-22-17;/h4-10,12H,11,13-14H2,1-3H3,(H2,21,23,24);1H. The number of aromatic nitrogens is 1. The Morgan fingerprint density at radius 2 is 1.84 bits per heavy atom. The summed E-state index contributed by atoms with van der Waals surface area (Å²) in [5, 5.41) is 6.76. The summed E-state index contributed by atoms with van der Waals surface area (Å²) in [7, 11) is 1.79. The molecule has 0 spiro atoms. The summed E-state index contributed by atoms with van der Waals surface area (Å²) in [5.41, 5.74) is 2.39. The third kappa shape index (κ3) is 7.32. The molecule has 4 nitrogen and oxygen atoms in total. The van der Waals surface area contributed by atoms with Gasteiger partial charge in [0, 0.05) is 48.3 Å². The lowest BCUT2D eigenvalue weighted by Crippen LogP contribution is -2.44. The van der Waals surface area contributed by atoms with E-state index in [1.165, 1.54) is 5.56 Å². The fraction of sp³-hybridized carbons (Fsp3) is 0.368. The molecule has 2 rings (SSSR count). The van der Waals surface area contributed by atoms with Gasteiger partial charge in [-0.05, 0) is 29.8 Å². The average Bonchev–Trinajstić information content (AvgIpc) is 2.59. The number of nitrogens with zero attached hydrogens (tertiary/aromatic N) is 2. The van der Waals surface area contributed by atoms with Crippen LogP contribution in [0.3, 0.4) is 0 Å². The normalized spacial score (nSPS) is 11.6. The summed E-state index contributed by atoms with van der Waals surface area (Å²) in [4.78, 5) is 8.63. The molecule has 0 unspecified atom stereocenters. The van der Waals surface area contributed by atoms with Crippen molar-refractivity contribution in [2.24, 2.45) is 4.99 Å². The second-order valence-corrected chi connectivity index (χ2v) is 7.23. The van der Waals surface area contributed by atoms with E-state index in [1.54, 1.807) is 7.05 Å². The molecule has 1 aromatic heterocycles. The Kier molecular flexibility index (Phi) is 9.42. The Morgan fingerprint density at radius 1 is 1.12 bits per heavy atom. The first kappa shape index (κ1) is 21.9. The van der Waals surface area contributed by atoms with Gasteiger partial charge in [-0.25, -0.2) is 0 Å². The molecule has 1 aromatic carbocycles. The fourth-order valence-electron chi connectivity index (χ4n) is 2.38. The molecule has 0 radical (unpaired) electrons. The third-order valence-electron chi connectivity index (χ3n) is 3.95. The van der Waals surface area contributed by atoms with Gasteiger partial charge in [0.25, 0.3) is 0 Å². The summed E-state index contributed by atoms with van der Waals surface area (Å²) in [6.45, 7) is 6.06. The number of pyridine rings is 1. The van der Waals surface area contributed by atoms with Gasteiger partial charge in [0.15, 0.2) is 5.96 Å². The maximum absolute atomic E-state index is 4.33. The molecule has 1 heterocycles. The number of nitrogens with one attached hydrogen (secondary N) is 2. The van der Waals surface area contributed by atoms with Crippen LogP contribution in [0.25, 0.3) is 0 Å². The summed E-state index contributed by atoms with van der Waals surface area (Å²) >= 11 is 3.48. The van der Waals surface area contributed by atoms with Crippen molar-refractivity contribution in [1.82, 2.24) is 15.6 Å². The lowest BCUT2D eigenvalue weighted by molar-refractivity contribution is 0.508. The van der Waals surface area contributed by atoms with Crippen LogP contribution in [0.2, 0.25) is 0 Å². The summed E-state index contributed by atoms with van der Waals surface area (Å²) < 4.78 is 1.10. The molecular formula is C19H26BrIN4. The molecule has 0 amide bonds. The SMILES string of the molecule is CN=C(NCCc1ccccn1)NCC(C)(C)c1ccc(Br)cc1.I. The van der Waals surface area contributed by atoms with Gasteiger partial charge in [-0.2, -0.15) is 0 Å². The number of aliphatic imine (C=N–C) groups is 1. The van der Waals surface area contributed by atoms with Crippen molar-refractivity contribution in [2.75, 3.05) is 20.1 Å². The lowest BCUT2D eigenvalue weighted by atomic mass is 9.85. The zero-order valence-electron chi connectivity index (χ0n) is 14.9. The van der Waals surface area contributed by atoms with Crippen molar-refractivity contribution in [3.8, 4) is 0 Å². The Bertz CT molecular complexity index is 657. The molecule has 0 aliphatic rings. The first-order chi connectivity index (χ1) is 11.5. The van der Waals surface area contributed by atoms with Crippen LogP contribution in [0, 0.1) is 0 Å². The van der Waals surface area contributed by atoms with E-state index in [2.05, 4.69) is 74.7 Å². The van der Waals surface area contributed by atoms with Crippen LogP contribution >= 0.6 is 39.9 Å². The van der Waals surface area contributed by atoms with E-state index in [9.17, 15) is 0 Å². The van der Waals surface area contributed by atoms with E-state index in [-0.39, 0.29) is 29.4 Å². The molecule has 0 aliphatic carbocycles. The van der Waals surface area contributed by atoms with E-state index in [1.807, 2.05) is 24.4 Å². The Labute approximate surface area is 176 Å². The van der Waals surface area contributed by atoms with Crippen molar-refractivity contribution in [3.63, 3.8) is 0 Å². The largest absolute Gasteiger partial charge is 0.356 e. The number of halogens is 2. The van der Waals surface area contributed by atoms with Gasteiger partial charge in [-0.3, -0.25) is 9.98 Å². The van der Waals surface area contributed by atoms with Crippen LogP contribution in [0.15, 0.2) is 58.1 Å². The minimum absolute atomic E-state index is 0.